The lowest BCUT2D eigenvalue weighted by Gasteiger charge is -2.34. The predicted octanol–water partition coefficient (Wildman–Crippen LogP) is 4.84. The van der Waals surface area contributed by atoms with Gasteiger partial charge in [0.25, 0.3) is 10.0 Å². The fourth-order valence-electron chi connectivity index (χ4n) is 4.22. The summed E-state index contributed by atoms with van der Waals surface area (Å²) in [4.78, 5) is 28.8. The van der Waals surface area contributed by atoms with E-state index in [-0.39, 0.29) is 17.3 Å². The zero-order valence-corrected chi connectivity index (χ0v) is 25.1. The number of carbonyl (C=O) groups excluding carboxylic acids is 2. The molecule has 0 heterocycles. The topological polar surface area (TPSA) is 96.0 Å². The van der Waals surface area contributed by atoms with Crippen LogP contribution in [0.25, 0.3) is 0 Å². The summed E-state index contributed by atoms with van der Waals surface area (Å²) in [7, 11) is -2.54. The summed E-state index contributed by atoms with van der Waals surface area (Å²) in [5.41, 5.74) is 2.31. The molecule has 1 N–H and O–H groups in total. The Kier molecular flexibility index (Phi) is 9.63. The number of hydrogen-bond donors (Lipinski definition) is 1. The molecule has 1 atom stereocenters. The second-order valence-corrected chi connectivity index (χ2v) is 12.7. The number of rotatable bonds is 10. The van der Waals surface area contributed by atoms with Crippen molar-refractivity contribution in [3.8, 4) is 5.75 Å². The summed E-state index contributed by atoms with van der Waals surface area (Å²) in [5.74, 6) is -0.179. The standard InChI is InChI=1S/C31H39N3O5S/c1-22-12-11-15-28(23(22)2)34(40(37,38)27-13-9-8-10-14-27)21-29(35)33(24(3)30(36)32-31(4,5)6)20-25-16-18-26(39-7)19-17-25/h8-19,24H,20-21H2,1-7H3,(H,32,36)/t24-/m0/s1. The van der Waals surface area contributed by atoms with Crippen LogP contribution >= 0.6 is 0 Å². The lowest BCUT2D eigenvalue weighted by molar-refractivity contribution is -0.140. The molecule has 40 heavy (non-hydrogen) atoms. The molecule has 9 heteroatoms. The first-order valence-electron chi connectivity index (χ1n) is 13.1. The van der Waals surface area contributed by atoms with Crippen LogP contribution in [0.2, 0.25) is 0 Å². The first-order chi connectivity index (χ1) is 18.7. The summed E-state index contributed by atoms with van der Waals surface area (Å²) in [6, 6.07) is 19.7. The summed E-state index contributed by atoms with van der Waals surface area (Å²) in [6.45, 7) is 10.6. The second kappa shape index (κ2) is 12.6. The second-order valence-electron chi connectivity index (χ2n) is 10.8. The van der Waals surface area contributed by atoms with Crippen molar-refractivity contribution in [2.45, 2.75) is 64.6 Å². The Balaban J connectivity index is 2.06. The molecule has 0 aliphatic heterocycles. The highest BCUT2D eigenvalue weighted by Crippen LogP contribution is 2.29. The highest BCUT2D eigenvalue weighted by molar-refractivity contribution is 7.92. The van der Waals surface area contributed by atoms with Gasteiger partial charge in [0.05, 0.1) is 17.7 Å². The molecule has 3 aromatic carbocycles. The fourth-order valence-corrected chi connectivity index (χ4v) is 5.72. The van der Waals surface area contributed by atoms with E-state index < -0.39 is 34.1 Å². The molecule has 0 saturated carbocycles. The van der Waals surface area contributed by atoms with Crippen LogP contribution in [-0.2, 0) is 26.2 Å². The molecule has 214 valence electrons. The summed E-state index contributed by atoms with van der Waals surface area (Å²) in [5, 5.41) is 2.93. The Morgan fingerprint density at radius 1 is 0.925 bits per heavy atom. The van der Waals surface area contributed by atoms with Crippen LogP contribution in [-0.4, -0.2) is 50.4 Å². The SMILES string of the molecule is COc1ccc(CN(C(=O)CN(c2cccc(C)c2C)S(=O)(=O)c2ccccc2)[C@@H](C)C(=O)NC(C)(C)C)cc1. The minimum Gasteiger partial charge on any atom is -0.497 e. The molecule has 3 rings (SSSR count). The Hall–Kier alpha value is -3.85. The van der Waals surface area contributed by atoms with Gasteiger partial charge in [-0.25, -0.2) is 8.42 Å². The van der Waals surface area contributed by atoms with Gasteiger partial charge in [0.1, 0.15) is 18.3 Å². The largest absolute Gasteiger partial charge is 0.497 e. The van der Waals surface area contributed by atoms with Crippen molar-refractivity contribution in [2.75, 3.05) is 18.0 Å². The van der Waals surface area contributed by atoms with Gasteiger partial charge < -0.3 is 15.0 Å². The molecule has 0 fully saturated rings. The third kappa shape index (κ3) is 7.41. The Labute approximate surface area is 238 Å². The highest BCUT2D eigenvalue weighted by Gasteiger charge is 2.34. The first-order valence-corrected chi connectivity index (χ1v) is 14.6. The number of amides is 2. The van der Waals surface area contributed by atoms with E-state index in [4.69, 9.17) is 4.74 Å². The monoisotopic (exact) mass is 565 g/mol. The molecule has 0 bridgehead atoms. The van der Waals surface area contributed by atoms with Crippen molar-refractivity contribution in [1.29, 1.82) is 0 Å². The van der Waals surface area contributed by atoms with Gasteiger partial charge in [-0.1, -0.05) is 42.5 Å². The van der Waals surface area contributed by atoms with Crippen molar-refractivity contribution in [2.24, 2.45) is 0 Å². The maximum Gasteiger partial charge on any atom is 0.264 e. The van der Waals surface area contributed by atoms with E-state index in [2.05, 4.69) is 5.32 Å². The fraction of sp³-hybridized carbons (Fsp3) is 0.355. The number of benzene rings is 3. The number of hydrogen-bond acceptors (Lipinski definition) is 5. The van der Waals surface area contributed by atoms with E-state index in [1.807, 2.05) is 52.8 Å². The van der Waals surface area contributed by atoms with Crippen molar-refractivity contribution < 1.29 is 22.7 Å². The van der Waals surface area contributed by atoms with Crippen molar-refractivity contribution in [1.82, 2.24) is 10.2 Å². The van der Waals surface area contributed by atoms with Crippen molar-refractivity contribution in [3.05, 3.63) is 89.5 Å². The lowest BCUT2D eigenvalue weighted by atomic mass is 10.1. The molecule has 0 aromatic heterocycles. The molecule has 3 aromatic rings. The third-order valence-corrected chi connectivity index (χ3v) is 8.41. The molecule has 0 aliphatic rings. The molecule has 0 saturated heterocycles. The average Bonchev–Trinajstić information content (AvgIpc) is 2.91. The van der Waals surface area contributed by atoms with E-state index in [1.54, 1.807) is 56.5 Å². The number of sulfonamides is 1. The summed E-state index contributed by atoms with van der Waals surface area (Å²) < 4.78 is 34.3. The molecule has 0 aliphatic carbocycles. The van der Waals surface area contributed by atoms with Gasteiger partial charge in [0.2, 0.25) is 11.8 Å². The van der Waals surface area contributed by atoms with Gasteiger partial charge in [-0.05, 0) is 88.6 Å². The Bertz CT molecular complexity index is 1430. The Morgan fingerprint density at radius 2 is 1.55 bits per heavy atom. The minimum absolute atomic E-state index is 0.0731. The van der Waals surface area contributed by atoms with Gasteiger partial charge in [0, 0.05) is 12.1 Å². The summed E-state index contributed by atoms with van der Waals surface area (Å²) in [6.07, 6.45) is 0. The Morgan fingerprint density at radius 3 is 2.12 bits per heavy atom. The zero-order chi connectivity index (χ0) is 29.7. The van der Waals surface area contributed by atoms with Crippen LogP contribution in [0.15, 0.2) is 77.7 Å². The molecule has 0 spiro atoms. The van der Waals surface area contributed by atoms with Gasteiger partial charge >= 0.3 is 0 Å². The number of aryl methyl sites for hydroxylation is 1. The number of methoxy groups -OCH3 is 1. The van der Waals surface area contributed by atoms with E-state index in [0.29, 0.717) is 11.4 Å². The van der Waals surface area contributed by atoms with E-state index >= 15 is 0 Å². The van der Waals surface area contributed by atoms with Crippen LogP contribution < -0.4 is 14.4 Å². The normalized spacial score (nSPS) is 12.4. The minimum atomic E-state index is -4.11. The lowest BCUT2D eigenvalue weighted by Crippen LogP contribution is -2.54. The molecule has 0 radical (unpaired) electrons. The average molecular weight is 566 g/mol. The number of nitrogens with one attached hydrogen (secondary N) is 1. The van der Waals surface area contributed by atoms with Crippen molar-refractivity contribution in [3.63, 3.8) is 0 Å². The van der Waals surface area contributed by atoms with E-state index in [1.165, 1.54) is 17.0 Å². The summed E-state index contributed by atoms with van der Waals surface area (Å²) >= 11 is 0. The molecule has 8 nitrogen and oxygen atoms in total. The van der Waals surface area contributed by atoms with Crippen molar-refractivity contribution >= 4 is 27.5 Å². The van der Waals surface area contributed by atoms with Gasteiger partial charge in [-0.3, -0.25) is 13.9 Å². The molecule has 2 amide bonds. The van der Waals surface area contributed by atoms with E-state index in [0.717, 1.165) is 21.0 Å². The first kappa shape index (κ1) is 30.7. The highest BCUT2D eigenvalue weighted by atomic mass is 32.2. The van der Waals surface area contributed by atoms with Gasteiger partial charge in [-0.2, -0.15) is 0 Å². The van der Waals surface area contributed by atoms with Crippen LogP contribution in [0.3, 0.4) is 0 Å². The molecular formula is C31H39N3O5S. The van der Waals surface area contributed by atoms with Gasteiger partial charge in [0.15, 0.2) is 0 Å². The number of carbonyl (C=O) groups is 2. The molecular weight excluding hydrogens is 526 g/mol. The quantitative estimate of drug-likeness (QED) is 0.380. The maximum atomic E-state index is 14.1. The number of ether oxygens (including phenoxy) is 1. The maximum absolute atomic E-state index is 14.1. The third-order valence-electron chi connectivity index (χ3n) is 6.63. The molecule has 0 unspecified atom stereocenters. The predicted molar refractivity (Wildman–Crippen MR) is 158 cm³/mol. The number of anilines is 1. The zero-order valence-electron chi connectivity index (χ0n) is 24.3. The number of nitrogens with zero attached hydrogens (tertiary/aromatic N) is 2. The van der Waals surface area contributed by atoms with Gasteiger partial charge in [-0.15, -0.1) is 0 Å². The van der Waals surface area contributed by atoms with Crippen LogP contribution in [0.1, 0.15) is 44.4 Å². The smallest absolute Gasteiger partial charge is 0.264 e. The van der Waals surface area contributed by atoms with E-state index in [9.17, 15) is 18.0 Å². The van der Waals surface area contributed by atoms with Crippen LogP contribution in [0, 0.1) is 13.8 Å². The van der Waals surface area contributed by atoms with Crippen LogP contribution in [0.4, 0.5) is 5.69 Å². The van der Waals surface area contributed by atoms with Crippen LogP contribution in [0.5, 0.6) is 5.75 Å².